The summed E-state index contributed by atoms with van der Waals surface area (Å²) >= 11 is 0. The quantitative estimate of drug-likeness (QED) is 0.801. The Bertz CT molecular complexity index is 862. The molecule has 0 spiro atoms. The highest BCUT2D eigenvalue weighted by Crippen LogP contribution is 2.12. The maximum atomic E-state index is 11.9. The van der Waals surface area contributed by atoms with Gasteiger partial charge in [0.05, 0.1) is 5.52 Å². The Kier molecular flexibility index (Phi) is 3.74. The lowest BCUT2D eigenvalue weighted by molar-refractivity contribution is -0.116. The van der Waals surface area contributed by atoms with Gasteiger partial charge in [0.15, 0.2) is 5.58 Å². The molecule has 3 aromatic rings. The molecule has 112 valence electrons. The van der Waals surface area contributed by atoms with Gasteiger partial charge in [-0.05, 0) is 30.7 Å². The number of anilines is 1. The van der Waals surface area contributed by atoms with Crippen molar-refractivity contribution in [1.29, 1.82) is 0 Å². The molecule has 0 unspecified atom stereocenters. The maximum absolute atomic E-state index is 11.9. The molecular weight excluding hydrogens is 282 g/mol. The lowest BCUT2D eigenvalue weighted by atomic mass is 10.3. The highest BCUT2D eigenvalue weighted by molar-refractivity contribution is 5.89. The van der Waals surface area contributed by atoms with Crippen LogP contribution in [-0.2, 0) is 11.3 Å². The van der Waals surface area contributed by atoms with E-state index in [0.29, 0.717) is 16.9 Å². The minimum absolute atomic E-state index is 0.166. The number of aryl methyl sites for hydroxylation is 2. The van der Waals surface area contributed by atoms with Gasteiger partial charge in [0.2, 0.25) is 5.91 Å². The molecule has 0 radical (unpaired) electrons. The standard InChI is InChI=1S/C16H15N3O3/c1-11-6-7-14(17-10-11)18-15(20)8-9-19-12-4-2-3-5-13(12)22-16(19)21/h2-7,10H,8-9H2,1H3,(H,17,18,20). The number of nitrogens with zero attached hydrogens (tertiary/aromatic N) is 2. The predicted molar refractivity (Wildman–Crippen MR) is 82.7 cm³/mol. The zero-order valence-corrected chi connectivity index (χ0v) is 12.1. The lowest BCUT2D eigenvalue weighted by Gasteiger charge is -2.05. The van der Waals surface area contributed by atoms with Crippen LogP contribution in [0.3, 0.4) is 0 Å². The summed E-state index contributed by atoms with van der Waals surface area (Å²) in [7, 11) is 0. The smallest absolute Gasteiger partial charge is 0.408 e. The Labute approximate surface area is 126 Å². The second-order valence-electron chi connectivity index (χ2n) is 5.01. The third-order valence-electron chi connectivity index (χ3n) is 3.32. The lowest BCUT2D eigenvalue weighted by Crippen LogP contribution is -2.20. The maximum Gasteiger partial charge on any atom is 0.419 e. The first-order chi connectivity index (χ1) is 10.6. The number of benzene rings is 1. The van der Waals surface area contributed by atoms with Crippen LogP contribution in [0.15, 0.2) is 51.8 Å². The van der Waals surface area contributed by atoms with E-state index in [-0.39, 0.29) is 18.9 Å². The van der Waals surface area contributed by atoms with Crippen LogP contribution < -0.4 is 11.1 Å². The van der Waals surface area contributed by atoms with Gasteiger partial charge in [0.1, 0.15) is 5.82 Å². The molecule has 6 nitrogen and oxygen atoms in total. The number of carbonyl (C=O) groups is 1. The molecular formula is C16H15N3O3. The fourth-order valence-corrected chi connectivity index (χ4v) is 2.19. The van der Waals surface area contributed by atoms with Gasteiger partial charge in [-0.15, -0.1) is 0 Å². The van der Waals surface area contributed by atoms with Crippen LogP contribution in [0, 0.1) is 6.92 Å². The zero-order chi connectivity index (χ0) is 15.5. The molecule has 1 N–H and O–H groups in total. The molecule has 0 atom stereocenters. The van der Waals surface area contributed by atoms with Crippen LogP contribution in [0.4, 0.5) is 5.82 Å². The summed E-state index contributed by atoms with van der Waals surface area (Å²) in [5.74, 6) is -0.156. The third kappa shape index (κ3) is 2.90. The number of carbonyl (C=O) groups excluding carboxylic acids is 1. The van der Waals surface area contributed by atoms with Crippen molar-refractivity contribution in [2.75, 3.05) is 5.32 Å². The number of oxazole rings is 1. The summed E-state index contributed by atoms with van der Waals surface area (Å²) in [6, 6.07) is 10.8. The number of nitrogens with one attached hydrogen (secondary N) is 1. The summed E-state index contributed by atoms with van der Waals surface area (Å²) in [5.41, 5.74) is 2.23. The van der Waals surface area contributed by atoms with Crippen LogP contribution in [0.25, 0.3) is 11.1 Å². The first-order valence-corrected chi connectivity index (χ1v) is 6.94. The van der Waals surface area contributed by atoms with E-state index in [9.17, 15) is 9.59 Å². The highest BCUT2D eigenvalue weighted by Gasteiger charge is 2.10. The molecule has 1 aromatic carbocycles. The minimum Gasteiger partial charge on any atom is -0.408 e. The largest absolute Gasteiger partial charge is 0.419 e. The van der Waals surface area contributed by atoms with E-state index in [1.165, 1.54) is 4.57 Å². The second kappa shape index (κ2) is 5.85. The summed E-state index contributed by atoms with van der Waals surface area (Å²) in [5, 5.41) is 2.70. The fraction of sp³-hybridized carbons (Fsp3) is 0.188. The Balaban J connectivity index is 1.68. The van der Waals surface area contributed by atoms with Crippen LogP contribution in [-0.4, -0.2) is 15.5 Å². The number of fused-ring (bicyclic) bond motifs is 1. The number of hydrogen-bond donors (Lipinski definition) is 1. The average Bonchev–Trinajstić information content (AvgIpc) is 2.83. The van der Waals surface area contributed by atoms with E-state index in [1.54, 1.807) is 30.5 Å². The Hall–Kier alpha value is -2.89. The molecule has 0 bridgehead atoms. The Morgan fingerprint density at radius 2 is 2.09 bits per heavy atom. The summed E-state index contributed by atoms with van der Waals surface area (Å²) in [6.07, 6.45) is 1.85. The van der Waals surface area contributed by atoms with Crippen LogP contribution in [0.2, 0.25) is 0 Å². The van der Waals surface area contributed by atoms with E-state index in [1.807, 2.05) is 19.1 Å². The molecule has 22 heavy (non-hydrogen) atoms. The summed E-state index contributed by atoms with van der Waals surface area (Å²) in [4.78, 5) is 27.9. The molecule has 0 aliphatic heterocycles. The molecule has 0 saturated heterocycles. The second-order valence-corrected chi connectivity index (χ2v) is 5.01. The van der Waals surface area contributed by atoms with Gasteiger partial charge in [-0.2, -0.15) is 0 Å². The predicted octanol–water partition coefficient (Wildman–Crippen LogP) is 2.33. The van der Waals surface area contributed by atoms with Gasteiger partial charge in [0.25, 0.3) is 0 Å². The zero-order valence-electron chi connectivity index (χ0n) is 12.1. The van der Waals surface area contributed by atoms with Crippen molar-refractivity contribution in [2.45, 2.75) is 19.9 Å². The summed E-state index contributed by atoms with van der Waals surface area (Å²) < 4.78 is 6.58. The van der Waals surface area contributed by atoms with Crippen molar-refractivity contribution < 1.29 is 9.21 Å². The molecule has 0 aliphatic carbocycles. The monoisotopic (exact) mass is 297 g/mol. The SMILES string of the molecule is Cc1ccc(NC(=O)CCn2c(=O)oc3ccccc32)nc1. The van der Waals surface area contributed by atoms with Gasteiger partial charge in [0, 0.05) is 19.2 Å². The molecule has 2 aromatic heterocycles. The van der Waals surface area contributed by atoms with Gasteiger partial charge in [-0.25, -0.2) is 9.78 Å². The van der Waals surface area contributed by atoms with E-state index in [0.717, 1.165) is 5.56 Å². The van der Waals surface area contributed by atoms with Crippen molar-refractivity contribution in [2.24, 2.45) is 0 Å². The molecule has 6 heteroatoms. The van der Waals surface area contributed by atoms with Gasteiger partial charge in [-0.1, -0.05) is 18.2 Å². The number of amides is 1. The van der Waals surface area contributed by atoms with Crippen molar-refractivity contribution in [1.82, 2.24) is 9.55 Å². The van der Waals surface area contributed by atoms with Crippen LogP contribution in [0.5, 0.6) is 0 Å². The third-order valence-corrected chi connectivity index (χ3v) is 3.32. The number of aromatic nitrogens is 2. The molecule has 0 aliphatic rings. The fourth-order valence-electron chi connectivity index (χ4n) is 2.19. The topological polar surface area (TPSA) is 77.1 Å². The first kappa shape index (κ1) is 14.1. The number of para-hydroxylation sites is 2. The van der Waals surface area contributed by atoms with Gasteiger partial charge in [-0.3, -0.25) is 9.36 Å². The van der Waals surface area contributed by atoms with Crippen LogP contribution in [0.1, 0.15) is 12.0 Å². The normalized spacial score (nSPS) is 10.8. The van der Waals surface area contributed by atoms with E-state index >= 15 is 0 Å². The van der Waals surface area contributed by atoms with Gasteiger partial charge >= 0.3 is 5.76 Å². The van der Waals surface area contributed by atoms with Crippen molar-refractivity contribution in [3.63, 3.8) is 0 Å². The van der Waals surface area contributed by atoms with E-state index < -0.39 is 5.76 Å². The van der Waals surface area contributed by atoms with Crippen molar-refractivity contribution >= 4 is 22.8 Å². The van der Waals surface area contributed by atoms with Gasteiger partial charge < -0.3 is 9.73 Å². The first-order valence-electron chi connectivity index (χ1n) is 6.94. The summed E-state index contributed by atoms with van der Waals surface area (Å²) in [6.45, 7) is 2.18. The highest BCUT2D eigenvalue weighted by atomic mass is 16.4. The minimum atomic E-state index is -0.456. The average molecular weight is 297 g/mol. The molecule has 0 fully saturated rings. The van der Waals surface area contributed by atoms with E-state index in [4.69, 9.17) is 4.42 Å². The van der Waals surface area contributed by atoms with Crippen LogP contribution >= 0.6 is 0 Å². The Morgan fingerprint density at radius 1 is 1.27 bits per heavy atom. The number of rotatable bonds is 4. The molecule has 1 amide bonds. The molecule has 0 saturated carbocycles. The Morgan fingerprint density at radius 3 is 2.86 bits per heavy atom. The number of pyridine rings is 1. The molecule has 2 heterocycles. The number of hydrogen-bond acceptors (Lipinski definition) is 4. The van der Waals surface area contributed by atoms with Crippen molar-refractivity contribution in [3.05, 3.63) is 58.7 Å². The van der Waals surface area contributed by atoms with E-state index in [2.05, 4.69) is 10.3 Å². The van der Waals surface area contributed by atoms with Crippen molar-refractivity contribution in [3.8, 4) is 0 Å². The molecule has 3 rings (SSSR count).